The maximum absolute atomic E-state index is 13.2. The number of rotatable bonds is 6. The molecule has 0 amide bonds. The lowest BCUT2D eigenvalue weighted by atomic mass is 10.1. The second kappa shape index (κ2) is 6.31. The Morgan fingerprint density at radius 2 is 2.18 bits per heavy atom. The Labute approximate surface area is 110 Å². The molecule has 1 aromatic carbocycles. The average molecular weight is 298 g/mol. The Morgan fingerprint density at radius 3 is 2.94 bits per heavy atom. The Kier molecular flexibility index (Phi) is 4.75. The lowest BCUT2D eigenvalue weighted by molar-refractivity contribution is 0.619. The van der Waals surface area contributed by atoms with Gasteiger partial charge in [0.05, 0.1) is 4.47 Å². The first kappa shape index (κ1) is 12.8. The topological polar surface area (TPSA) is 12.0 Å². The molecule has 0 aliphatic heterocycles. The van der Waals surface area contributed by atoms with E-state index >= 15 is 0 Å². The molecule has 1 nitrogen and oxygen atoms in total. The lowest BCUT2D eigenvalue weighted by Gasteiger charge is -2.02. The van der Waals surface area contributed by atoms with Gasteiger partial charge in [-0.25, -0.2) is 4.39 Å². The third-order valence-electron chi connectivity index (χ3n) is 2.86. The first-order valence-electron chi connectivity index (χ1n) is 6.08. The van der Waals surface area contributed by atoms with Crippen LogP contribution >= 0.6 is 15.9 Å². The van der Waals surface area contributed by atoms with Gasteiger partial charge >= 0.3 is 0 Å². The van der Waals surface area contributed by atoms with Crippen LogP contribution in [0.3, 0.4) is 0 Å². The summed E-state index contributed by atoms with van der Waals surface area (Å²) in [4.78, 5) is 0. The van der Waals surface area contributed by atoms with Gasteiger partial charge in [-0.1, -0.05) is 24.3 Å². The summed E-state index contributed by atoms with van der Waals surface area (Å²) in [6, 6.07) is 5.94. The Morgan fingerprint density at radius 1 is 1.35 bits per heavy atom. The molecule has 0 bridgehead atoms. The molecule has 1 N–H and O–H groups in total. The maximum atomic E-state index is 13.2. The number of halogens is 2. The number of allylic oxidation sites excluding steroid dienone is 1. The fourth-order valence-corrected chi connectivity index (χ4v) is 2.12. The molecular formula is C14H17BrFN. The van der Waals surface area contributed by atoms with Crippen molar-refractivity contribution in [3.8, 4) is 0 Å². The molecule has 1 aromatic rings. The Balaban J connectivity index is 1.72. The summed E-state index contributed by atoms with van der Waals surface area (Å²) >= 11 is 3.27. The fraction of sp³-hybridized carbons (Fsp3) is 0.429. The van der Waals surface area contributed by atoms with Gasteiger partial charge in [-0.15, -0.1) is 0 Å². The Hall–Kier alpha value is -0.670. The molecule has 2 rings (SSSR count). The molecule has 0 heterocycles. The minimum absolute atomic E-state index is 0.189. The van der Waals surface area contributed by atoms with Crippen molar-refractivity contribution in [1.29, 1.82) is 0 Å². The van der Waals surface area contributed by atoms with Gasteiger partial charge in [0.2, 0.25) is 0 Å². The molecule has 17 heavy (non-hydrogen) atoms. The highest BCUT2D eigenvalue weighted by Gasteiger charge is 2.19. The van der Waals surface area contributed by atoms with E-state index in [0.717, 1.165) is 31.0 Å². The van der Waals surface area contributed by atoms with Crippen LogP contribution in [0.15, 0.2) is 34.8 Å². The first-order valence-corrected chi connectivity index (χ1v) is 6.88. The third kappa shape index (κ3) is 4.25. The summed E-state index contributed by atoms with van der Waals surface area (Å²) in [5.41, 5.74) is 0.997. The van der Waals surface area contributed by atoms with Crippen molar-refractivity contribution in [2.75, 3.05) is 6.54 Å². The van der Waals surface area contributed by atoms with Crippen LogP contribution < -0.4 is 5.32 Å². The summed E-state index contributed by atoms with van der Waals surface area (Å²) in [6.45, 7) is 1.05. The van der Waals surface area contributed by atoms with Crippen LogP contribution in [0.25, 0.3) is 0 Å². The molecule has 3 heteroatoms. The SMILES string of the molecule is Fc1cccc(C/C=C/CCNC2CC2)c1Br. The second-order valence-electron chi connectivity index (χ2n) is 4.41. The van der Waals surface area contributed by atoms with E-state index < -0.39 is 0 Å². The van der Waals surface area contributed by atoms with Gasteiger partial charge < -0.3 is 5.32 Å². The molecular weight excluding hydrogens is 281 g/mol. The molecule has 1 fully saturated rings. The van der Waals surface area contributed by atoms with Crippen LogP contribution in [-0.2, 0) is 6.42 Å². The van der Waals surface area contributed by atoms with Gasteiger partial charge in [-0.3, -0.25) is 0 Å². The molecule has 1 aliphatic carbocycles. The third-order valence-corrected chi connectivity index (χ3v) is 3.75. The van der Waals surface area contributed by atoms with E-state index in [1.807, 2.05) is 6.07 Å². The predicted molar refractivity (Wildman–Crippen MR) is 72.6 cm³/mol. The van der Waals surface area contributed by atoms with Crippen LogP contribution in [-0.4, -0.2) is 12.6 Å². The fourth-order valence-electron chi connectivity index (χ4n) is 1.69. The summed E-state index contributed by atoms with van der Waals surface area (Å²) in [5, 5.41) is 3.46. The van der Waals surface area contributed by atoms with Gasteiger partial charge in [0, 0.05) is 6.04 Å². The normalized spacial score (nSPS) is 15.6. The highest BCUT2D eigenvalue weighted by Crippen LogP contribution is 2.21. The summed E-state index contributed by atoms with van der Waals surface area (Å²) < 4.78 is 13.8. The van der Waals surface area contributed by atoms with E-state index in [1.165, 1.54) is 18.9 Å². The number of hydrogen-bond donors (Lipinski definition) is 1. The summed E-state index contributed by atoms with van der Waals surface area (Å²) in [7, 11) is 0. The highest BCUT2D eigenvalue weighted by molar-refractivity contribution is 9.10. The number of nitrogens with one attached hydrogen (secondary N) is 1. The van der Waals surface area contributed by atoms with Crippen LogP contribution in [0.4, 0.5) is 4.39 Å². The zero-order valence-electron chi connectivity index (χ0n) is 9.76. The van der Waals surface area contributed by atoms with E-state index in [1.54, 1.807) is 6.07 Å². The van der Waals surface area contributed by atoms with Crippen LogP contribution in [0.5, 0.6) is 0 Å². The number of hydrogen-bond acceptors (Lipinski definition) is 1. The van der Waals surface area contributed by atoms with Crippen LogP contribution in [0, 0.1) is 5.82 Å². The largest absolute Gasteiger partial charge is 0.314 e. The van der Waals surface area contributed by atoms with Gasteiger partial charge in [0.25, 0.3) is 0 Å². The van der Waals surface area contributed by atoms with Crippen molar-refractivity contribution in [1.82, 2.24) is 5.32 Å². The first-order chi connectivity index (χ1) is 8.27. The van der Waals surface area contributed by atoms with Gasteiger partial charge in [0.1, 0.15) is 5.82 Å². The zero-order chi connectivity index (χ0) is 12.1. The molecule has 0 aromatic heterocycles. The maximum Gasteiger partial charge on any atom is 0.137 e. The highest BCUT2D eigenvalue weighted by atomic mass is 79.9. The van der Waals surface area contributed by atoms with Crippen LogP contribution in [0.2, 0.25) is 0 Å². The van der Waals surface area contributed by atoms with Crippen molar-refractivity contribution in [3.05, 3.63) is 46.2 Å². The van der Waals surface area contributed by atoms with Crippen molar-refractivity contribution in [2.45, 2.75) is 31.7 Å². The quantitative estimate of drug-likeness (QED) is 0.622. The monoisotopic (exact) mass is 297 g/mol. The van der Waals surface area contributed by atoms with Crippen molar-refractivity contribution < 1.29 is 4.39 Å². The van der Waals surface area contributed by atoms with Crippen molar-refractivity contribution in [3.63, 3.8) is 0 Å². The van der Waals surface area contributed by atoms with E-state index in [2.05, 4.69) is 33.4 Å². The standard InChI is InChI=1S/C14H17BrFN/c15-14-11(6-4-7-13(14)16)5-2-1-3-10-17-12-8-9-12/h1-2,4,6-7,12,17H,3,5,8-10H2/b2-1+. The van der Waals surface area contributed by atoms with E-state index in [0.29, 0.717) is 4.47 Å². The summed E-state index contributed by atoms with van der Waals surface area (Å²) in [5.74, 6) is -0.189. The minimum Gasteiger partial charge on any atom is -0.314 e. The van der Waals surface area contributed by atoms with Gasteiger partial charge in [-0.05, 0) is 59.8 Å². The predicted octanol–water partition coefficient (Wildman–Crippen LogP) is 3.83. The molecule has 92 valence electrons. The van der Waals surface area contributed by atoms with E-state index in [4.69, 9.17) is 0 Å². The van der Waals surface area contributed by atoms with Gasteiger partial charge in [-0.2, -0.15) is 0 Å². The average Bonchev–Trinajstić information content (AvgIpc) is 3.12. The van der Waals surface area contributed by atoms with Crippen molar-refractivity contribution >= 4 is 15.9 Å². The van der Waals surface area contributed by atoms with Crippen molar-refractivity contribution in [2.24, 2.45) is 0 Å². The molecule has 0 atom stereocenters. The smallest absolute Gasteiger partial charge is 0.137 e. The molecule has 0 spiro atoms. The second-order valence-corrected chi connectivity index (χ2v) is 5.20. The Bertz CT molecular complexity index is 399. The molecule has 1 aliphatic rings. The minimum atomic E-state index is -0.189. The molecule has 0 unspecified atom stereocenters. The zero-order valence-corrected chi connectivity index (χ0v) is 11.3. The van der Waals surface area contributed by atoms with Gasteiger partial charge in [0.15, 0.2) is 0 Å². The lowest BCUT2D eigenvalue weighted by Crippen LogP contribution is -2.16. The van der Waals surface area contributed by atoms with E-state index in [-0.39, 0.29) is 5.82 Å². The van der Waals surface area contributed by atoms with Crippen LogP contribution in [0.1, 0.15) is 24.8 Å². The summed E-state index contributed by atoms with van der Waals surface area (Å²) in [6.07, 6.45) is 8.76. The molecule has 1 saturated carbocycles. The molecule has 0 saturated heterocycles. The van der Waals surface area contributed by atoms with E-state index in [9.17, 15) is 4.39 Å². The number of benzene rings is 1. The molecule has 0 radical (unpaired) electrons.